The number of ketones is 1. The normalized spacial score (nSPS) is 22.5. The predicted molar refractivity (Wildman–Crippen MR) is 117 cm³/mol. The third kappa shape index (κ3) is 3.84. The second kappa shape index (κ2) is 8.57. The third-order valence-electron chi connectivity index (χ3n) is 6.77. The van der Waals surface area contributed by atoms with Gasteiger partial charge in [-0.05, 0) is 48.8 Å². The van der Waals surface area contributed by atoms with Gasteiger partial charge >= 0.3 is 0 Å². The summed E-state index contributed by atoms with van der Waals surface area (Å²) >= 11 is 0. The van der Waals surface area contributed by atoms with Crippen LogP contribution in [-0.2, 0) is 16.1 Å². The van der Waals surface area contributed by atoms with Crippen LogP contribution in [-0.4, -0.2) is 21.9 Å². The number of hydrogen-bond donors (Lipinski definition) is 0. The number of fused-ring (bicyclic) bond motifs is 3. The summed E-state index contributed by atoms with van der Waals surface area (Å²) in [6.07, 6.45) is 8.52. The molecule has 4 nitrogen and oxygen atoms in total. The molecular formula is C26H28N2O2. The number of ether oxygens (including phenoxy) is 1. The number of imidazole rings is 1. The van der Waals surface area contributed by atoms with Gasteiger partial charge in [-0.1, -0.05) is 48.5 Å². The van der Waals surface area contributed by atoms with Crippen molar-refractivity contribution in [1.82, 2.24) is 9.55 Å². The van der Waals surface area contributed by atoms with Crippen LogP contribution in [0.1, 0.15) is 54.8 Å². The quantitative estimate of drug-likeness (QED) is 0.540. The highest BCUT2D eigenvalue weighted by Gasteiger charge is 2.33. The van der Waals surface area contributed by atoms with Gasteiger partial charge in [-0.2, -0.15) is 0 Å². The molecule has 1 aliphatic carbocycles. The Morgan fingerprint density at radius 1 is 1.00 bits per heavy atom. The fourth-order valence-electron chi connectivity index (χ4n) is 5.08. The van der Waals surface area contributed by atoms with Crippen LogP contribution in [0, 0.1) is 11.8 Å². The molecule has 2 aromatic carbocycles. The predicted octanol–water partition coefficient (Wildman–Crippen LogP) is 5.30. The number of aromatic nitrogens is 2. The van der Waals surface area contributed by atoms with Crippen molar-refractivity contribution in [3.8, 4) is 5.69 Å². The molecule has 1 unspecified atom stereocenters. The number of carbonyl (C=O) groups is 1. The molecule has 1 aliphatic heterocycles. The zero-order valence-corrected chi connectivity index (χ0v) is 17.2. The van der Waals surface area contributed by atoms with Crippen LogP contribution in [0.5, 0.6) is 0 Å². The van der Waals surface area contributed by atoms with Crippen molar-refractivity contribution in [3.63, 3.8) is 0 Å². The van der Waals surface area contributed by atoms with Crippen LogP contribution in [0.15, 0.2) is 67.1 Å². The van der Waals surface area contributed by atoms with E-state index in [4.69, 9.17) is 4.74 Å². The topological polar surface area (TPSA) is 44.1 Å². The number of hydrogen-bond acceptors (Lipinski definition) is 3. The monoisotopic (exact) mass is 400 g/mol. The standard InChI is InChI=1S/C26H28N2O2/c29-26(14-23-22-8-4-5-9-24(22)28-18-27-15-25(23)28)21-12-10-20(11-13-21)17-30-16-19-6-2-1-3-7-19/h1-9,15,18,20-21,23H,10-14,16-17H2. The van der Waals surface area contributed by atoms with Crippen LogP contribution in [0.3, 0.4) is 0 Å². The first-order chi connectivity index (χ1) is 14.8. The minimum atomic E-state index is 0.142. The summed E-state index contributed by atoms with van der Waals surface area (Å²) < 4.78 is 8.07. The molecule has 1 atom stereocenters. The minimum Gasteiger partial charge on any atom is -0.376 e. The van der Waals surface area contributed by atoms with E-state index in [0.29, 0.717) is 24.7 Å². The first-order valence-corrected chi connectivity index (χ1v) is 11.1. The fraction of sp³-hybridized carbons (Fsp3) is 0.385. The molecule has 154 valence electrons. The lowest BCUT2D eigenvalue weighted by Gasteiger charge is -2.28. The van der Waals surface area contributed by atoms with E-state index in [0.717, 1.165) is 38.0 Å². The molecule has 2 aliphatic rings. The molecule has 1 aromatic heterocycles. The summed E-state index contributed by atoms with van der Waals surface area (Å²) in [7, 11) is 0. The van der Waals surface area contributed by atoms with Crippen LogP contribution >= 0.6 is 0 Å². The number of carbonyl (C=O) groups excluding carboxylic acids is 1. The van der Waals surface area contributed by atoms with Gasteiger partial charge in [0.05, 0.1) is 24.3 Å². The van der Waals surface area contributed by atoms with Gasteiger partial charge in [0.25, 0.3) is 0 Å². The Kier molecular flexibility index (Phi) is 5.50. The molecule has 30 heavy (non-hydrogen) atoms. The molecule has 0 amide bonds. The summed E-state index contributed by atoms with van der Waals surface area (Å²) in [6.45, 7) is 1.47. The fourth-order valence-corrected chi connectivity index (χ4v) is 5.08. The van der Waals surface area contributed by atoms with Gasteiger partial charge in [0.1, 0.15) is 5.78 Å². The average Bonchev–Trinajstić information content (AvgIpc) is 3.38. The molecule has 0 bridgehead atoms. The Bertz CT molecular complexity index is 1000. The molecule has 0 N–H and O–H groups in total. The van der Waals surface area contributed by atoms with E-state index in [2.05, 4.69) is 39.9 Å². The van der Waals surface area contributed by atoms with Crippen LogP contribution in [0.2, 0.25) is 0 Å². The summed E-state index contributed by atoms with van der Waals surface area (Å²) in [4.78, 5) is 17.5. The molecule has 5 rings (SSSR count). The van der Waals surface area contributed by atoms with E-state index >= 15 is 0 Å². The van der Waals surface area contributed by atoms with Gasteiger partial charge in [0.15, 0.2) is 0 Å². The summed E-state index contributed by atoms with van der Waals surface area (Å²) in [5.74, 6) is 1.32. The number of nitrogens with zero attached hydrogens (tertiary/aromatic N) is 2. The largest absolute Gasteiger partial charge is 0.376 e. The van der Waals surface area contributed by atoms with Gasteiger partial charge in [-0.15, -0.1) is 0 Å². The van der Waals surface area contributed by atoms with Crippen molar-refractivity contribution < 1.29 is 9.53 Å². The zero-order valence-electron chi connectivity index (χ0n) is 17.2. The molecule has 0 radical (unpaired) electrons. The Labute approximate surface area is 177 Å². The van der Waals surface area contributed by atoms with Crippen molar-refractivity contribution in [3.05, 3.63) is 83.9 Å². The van der Waals surface area contributed by atoms with Gasteiger partial charge in [0.2, 0.25) is 0 Å². The number of Topliss-reactive ketones (excluding diaryl/α,β-unsaturated/α-hetero) is 1. The first-order valence-electron chi connectivity index (χ1n) is 11.1. The van der Waals surface area contributed by atoms with Crippen LogP contribution in [0.25, 0.3) is 5.69 Å². The van der Waals surface area contributed by atoms with Crippen molar-refractivity contribution in [2.45, 2.75) is 44.6 Å². The molecule has 3 aromatic rings. The molecule has 0 saturated heterocycles. The smallest absolute Gasteiger partial charge is 0.136 e. The SMILES string of the molecule is O=C(CC1c2ccccc2-n2cncc21)C1CCC(COCc2ccccc2)CC1. The Morgan fingerprint density at radius 3 is 2.60 bits per heavy atom. The van der Waals surface area contributed by atoms with E-state index in [9.17, 15) is 4.79 Å². The lowest BCUT2D eigenvalue weighted by atomic mass is 9.78. The maximum atomic E-state index is 13.1. The zero-order chi connectivity index (χ0) is 20.3. The third-order valence-corrected chi connectivity index (χ3v) is 6.77. The maximum Gasteiger partial charge on any atom is 0.136 e. The van der Waals surface area contributed by atoms with Crippen LogP contribution < -0.4 is 0 Å². The van der Waals surface area contributed by atoms with E-state index < -0.39 is 0 Å². The second-order valence-electron chi connectivity index (χ2n) is 8.69. The van der Waals surface area contributed by atoms with Crippen molar-refractivity contribution in [1.29, 1.82) is 0 Å². The van der Waals surface area contributed by atoms with Crippen LogP contribution in [0.4, 0.5) is 0 Å². The van der Waals surface area contributed by atoms with Gasteiger partial charge in [0, 0.05) is 31.1 Å². The lowest BCUT2D eigenvalue weighted by molar-refractivity contribution is -0.124. The highest BCUT2D eigenvalue weighted by Crippen LogP contribution is 2.41. The Hall–Kier alpha value is -2.72. The maximum absolute atomic E-state index is 13.1. The number of rotatable bonds is 7. The van der Waals surface area contributed by atoms with Crippen molar-refractivity contribution in [2.24, 2.45) is 11.8 Å². The minimum absolute atomic E-state index is 0.142. The van der Waals surface area contributed by atoms with Crippen molar-refractivity contribution in [2.75, 3.05) is 6.61 Å². The van der Waals surface area contributed by atoms with Gasteiger partial charge in [-0.25, -0.2) is 4.98 Å². The Balaban J connectivity index is 1.14. The van der Waals surface area contributed by atoms with Gasteiger partial charge in [-0.3, -0.25) is 4.79 Å². The highest BCUT2D eigenvalue weighted by molar-refractivity contribution is 5.83. The summed E-state index contributed by atoms with van der Waals surface area (Å²) in [5, 5.41) is 0. The second-order valence-corrected chi connectivity index (χ2v) is 8.69. The first kappa shape index (κ1) is 19.3. The highest BCUT2D eigenvalue weighted by atomic mass is 16.5. The summed E-state index contributed by atoms with van der Waals surface area (Å²) in [5.41, 5.74) is 4.79. The summed E-state index contributed by atoms with van der Waals surface area (Å²) in [6, 6.07) is 18.7. The van der Waals surface area contributed by atoms with Crippen molar-refractivity contribution >= 4 is 5.78 Å². The molecule has 1 saturated carbocycles. The number of para-hydroxylation sites is 1. The van der Waals surface area contributed by atoms with E-state index in [-0.39, 0.29) is 11.8 Å². The molecule has 0 spiro atoms. The molecule has 4 heteroatoms. The average molecular weight is 401 g/mol. The van der Waals surface area contributed by atoms with E-state index in [1.165, 1.54) is 16.8 Å². The Morgan fingerprint density at radius 2 is 1.77 bits per heavy atom. The molecule has 1 fully saturated rings. The molecule has 2 heterocycles. The van der Waals surface area contributed by atoms with Gasteiger partial charge < -0.3 is 9.30 Å². The van der Waals surface area contributed by atoms with E-state index in [1.807, 2.05) is 36.8 Å². The van der Waals surface area contributed by atoms with E-state index in [1.54, 1.807) is 0 Å². The lowest BCUT2D eigenvalue weighted by Crippen LogP contribution is -2.25. The molecular weight excluding hydrogens is 372 g/mol. The number of benzene rings is 2.